The van der Waals surface area contributed by atoms with E-state index in [1.807, 2.05) is 6.92 Å². The highest BCUT2D eigenvalue weighted by molar-refractivity contribution is 7.87. The van der Waals surface area contributed by atoms with Crippen molar-refractivity contribution in [2.24, 2.45) is 0 Å². The average molecular weight is 479 g/mol. The standard InChI is InChI=1S/C22H26N2O8S/c1-12-8-13(2)21(14(3)9-12)33(28,29)32-19-6-7-24(22(27)23-19)20-11-18(30-16(5)26)17(31-20)10-15(4)25/h6-9,17-18,20H,10-11H2,1-5H3. The minimum absolute atomic E-state index is 0.0192. The molecular weight excluding hydrogens is 452 g/mol. The molecule has 2 aromatic rings. The van der Waals surface area contributed by atoms with Crippen LogP contribution >= 0.6 is 0 Å². The fourth-order valence-corrected chi connectivity index (χ4v) is 5.36. The molecule has 2 heterocycles. The highest BCUT2D eigenvalue weighted by Gasteiger charge is 2.39. The van der Waals surface area contributed by atoms with E-state index in [4.69, 9.17) is 13.7 Å². The second-order valence-electron chi connectivity index (χ2n) is 8.14. The number of carbonyl (C=O) groups excluding carboxylic acids is 2. The van der Waals surface area contributed by atoms with E-state index >= 15 is 0 Å². The zero-order valence-electron chi connectivity index (χ0n) is 19.0. The number of ketones is 1. The molecule has 3 rings (SSSR count). The Labute approximate surface area is 191 Å². The molecule has 0 radical (unpaired) electrons. The van der Waals surface area contributed by atoms with Gasteiger partial charge < -0.3 is 13.7 Å². The van der Waals surface area contributed by atoms with Gasteiger partial charge in [-0.05, 0) is 38.8 Å². The number of rotatable bonds is 7. The van der Waals surface area contributed by atoms with Crippen molar-refractivity contribution in [2.45, 2.75) is 70.8 Å². The number of carbonyl (C=O) groups is 2. The number of aromatic nitrogens is 2. The van der Waals surface area contributed by atoms with Crippen LogP contribution in [0.3, 0.4) is 0 Å². The molecule has 11 heteroatoms. The zero-order valence-corrected chi connectivity index (χ0v) is 19.8. The summed E-state index contributed by atoms with van der Waals surface area (Å²) in [5.41, 5.74) is 1.15. The molecule has 1 aromatic heterocycles. The van der Waals surface area contributed by atoms with Crippen molar-refractivity contribution in [3.8, 4) is 5.88 Å². The van der Waals surface area contributed by atoms with Crippen molar-refractivity contribution >= 4 is 21.9 Å². The van der Waals surface area contributed by atoms with Crippen LogP contribution in [0.5, 0.6) is 5.88 Å². The molecule has 10 nitrogen and oxygen atoms in total. The zero-order chi connectivity index (χ0) is 24.5. The van der Waals surface area contributed by atoms with Gasteiger partial charge in [-0.15, -0.1) is 0 Å². The van der Waals surface area contributed by atoms with Gasteiger partial charge in [-0.25, -0.2) is 4.79 Å². The number of hydrogen-bond acceptors (Lipinski definition) is 9. The molecule has 1 aromatic carbocycles. The lowest BCUT2D eigenvalue weighted by Gasteiger charge is -2.16. The lowest BCUT2D eigenvalue weighted by atomic mass is 10.1. The summed E-state index contributed by atoms with van der Waals surface area (Å²) in [6.07, 6.45) is -0.795. The third-order valence-electron chi connectivity index (χ3n) is 5.15. The fraction of sp³-hybridized carbons (Fsp3) is 0.455. The molecule has 3 atom stereocenters. The molecule has 0 amide bonds. The Morgan fingerprint density at radius 2 is 1.82 bits per heavy atom. The van der Waals surface area contributed by atoms with E-state index in [1.165, 1.54) is 26.1 Å². The number of ether oxygens (including phenoxy) is 2. The maximum Gasteiger partial charge on any atom is 0.353 e. The van der Waals surface area contributed by atoms with Gasteiger partial charge in [0.2, 0.25) is 5.88 Å². The minimum atomic E-state index is -4.22. The normalized spacial score (nSPS) is 20.5. The minimum Gasteiger partial charge on any atom is -0.460 e. The van der Waals surface area contributed by atoms with Crippen LogP contribution in [-0.2, 0) is 29.2 Å². The van der Waals surface area contributed by atoms with Crippen molar-refractivity contribution in [3.05, 3.63) is 51.6 Å². The van der Waals surface area contributed by atoms with Crippen molar-refractivity contribution in [3.63, 3.8) is 0 Å². The topological polar surface area (TPSA) is 131 Å². The van der Waals surface area contributed by atoms with Gasteiger partial charge in [-0.3, -0.25) is 14.2 Å². The van der Waals surface area contributed by atoms with Gasteiger partial charge in [0, 0.05) is 32.0 Å². The Balaban J connectivity index is 1.84. The maximum atomic E-state index is 12.8. The summed E-state index contributed by atoms with van der Waals surface area (Å²) in [6, 6.07) is 4.69. The predicted octanol–water partition coefficient (Wildman–Crippen LogP) is 2.13. The molecule has 0 saturated carbocycles. The third-order valence-corrected chi connectivity index (χ3v) is 6.69. The molecule has 1 fully saturated rings. The first kappa shape index (κ1) is 24.6. The van der Waals surface area contributed by atoms with Gasteiger partial charge in [-0.1, -0.05) is 17.7 Å². The largest absolute Gasteiger partial charge is 0.460 e. The number of hydrogen-bond donors (Lipinski definition) is 0. The van der Waals surface area contributed by atoms with E-state index in [-0.39, 0.29) is 29.4 Å². The average Bonchev–Trinajstić information content (AvgIpc) is 3.00. The summed E-state index contributed by atoms with van der Waals surface area (Å²) in [6.45, 7) is 7.82. The summed E-state index contributed by atoms with van der Waals surface area (Å²) in [4.78, 5) is 39.3. The Bertz CT molecular complexity index is 1200. The summed E-state index contributed by atoms with van der Waals surface area (Å²) >= 11 is 0. The second-order valence-corrected chi connectivity index (χ2v) is 9.62. The van der Waals surface area contributed by atoms with E-state index in [1.54, 1.807) is 26.0 Å². The molecule has 1 aliphatic rings. The SMILES string of the molecule is CC(=O)CC1OC(n2ccc(OS(=O)(=O)c3c(C)cc(C)cc3C)nc2=O)CC1OC(C)=O. The van der Waals surface area contributed by atoms with E-state index < -0.39 is 40.2 Å². The lowest BCUT2D eigenvalue weighted by molar-refractivity contribution is -0.150. The molecule has 1 aliphatic heterocycles. The number of nitrogens with zero attached hydrogens (tertiary/aromatic N) is 2. The summed E-state index contributed by atoms with van der Waals surface area (Å²) in [5.74, 6) is -1.07. The lowest BCUT2D eigenvalue weighted by Crippen LogP contribution is -2.28. The van der Waals surface area contributed by atoms with Crippen LogP contribution in [0.15, 0.2) is 34.1 Å². The van der Waals surface area contributed by atoms with Crippen molar-refractivity contribution in [1.82, 2.24) is 9.55 Å². The molecule has 33 heavy (non-hydrogen) atoms. The quantitative estimate of drug-likeness (QED) is 0.434. The molecule has 0 aliphatic carbocycles. The van der Waals surface area contributed by atoms with Gasteiger partial charge in [0.25, 0.3) is 0 Å². The second kappa shape index (κ2) is 9.44. The van der Waals surface area contributed by atoms with Gasteiger partial charge in [0.15, 0.2) is 0 Å². The van der Waals surface area contributed by atoms with Gasteiger partial charge in [0.1, 0.15) is 29.1 Å². The predicted molar refractivity (Wildman–Crippen MR) is 116 cm³/mol. The summed E-state index contributed by atoms with van der Waals surface area (Å²) in [7, 11) is -4.22. The number of benzene rings is 1. The summed E-state index contributed by atoms with van der Waals surface area (Å²) < 4.78 is 42.9. The van der Waals surface area contributed by atoms with Crippen LogP contribution in [0.4, 0.5) is 0 Å². The van der Waals surface area contributed by atoms with Crippen LogP contribution in [0, 0.1) is 20.8 Å². The van der Waals surface area contributed by atoms with Crippen LogP contribution in [0.2, 0.25) is 0 Å². The first-order chi connectivity index (χ1) is 15.4. The molecule has 1 saturated heterocycles. The highest BCUT2D eigenvalue weighted by atomic mass is 32.2. The van der Waals surface area contributed by atoms with Gasteiger partial charge in [-0.2, -0.15) is 13.4 Å². The van der Waals surface area contributed by atoms with Crippen LogP contribution in [0.25, 0.3) is 0 Å². The van der Waals surface area contributed by atoms with Gasteiger partial charge >= 0.3 is 21.8 Å². The Morgan fingerprint density at radius 1 is 1.18 bits per heavy atom. The Morgan fingerprint density at radius 3 is 2.36 bits per heavy atom. The molecule has 0 spiro atoms. The van der Waals surface area contributed by atoms with E-state index in [0.717, 1.165) is 10.1 Å². The Hall–Kier alpha value is -3.05. The van der Waals surface area contributed by atoms with Crippen molar-refractivity contribution in [1.29, 1.82) is 0 Å². The van der Waals surface area contributed by atoms with Crippen molar-refractivity contribution in [2.75, 3.05) is 0 Å². The van der Waals surface area contributed by atoms with E-state index in [0.29, 0.717) is 11.1 Å². The molecule has 178 valence electrons. The monoisotopic (exact) mass is 478 g/mol. The van der Waals surface area contributed by atoms with Crippen LogP contribution in [0.1, 0.15) is 49.6 Å². The number of Topliss-reactive ketones (excluding diaryl/α,β-unsaturated/α-hetero) is 1. The van der Waals surface area contributed by atoms with Crippen LogP contribution < -0.4 is 9.87 Å². The van der Waals surface area contributed by atoms with E-state index in [9.17, 15) is 22.8 Å². The molecule has 3 unspecified atom stereocenters. The first-order valence-corrected chi connectivity index (χ1v) is 11.7. The highest BCUT2D eigenvalue weighted by Crippen LogP contribution is 2.32. The molecule has 0 N–H and O–H groups in total. The first-order valence-electron chi connectivity index (χ1n) is 10.3. The third kappa shape index (κ3) is 5.66. The number of esters is 1. The molecule has 0 bridgehead atoms. The van der Waals surface area contributed by atoms with Crippen LogP contribution in [-0.4, -0.2) is 41.9 Å². The van der Waals surface area contributed by atoms with Gasteiger partial charge in [0.05, 0.1) is 0 Å². The van der Waals surface area contributed by atoms with Crippen molar-refractivity contribution < 1.29 is 31.7 Å². The van der Waals surface area contributed by atoms with E-state index in [2.05, 4.69) is 4.98 Å². The Kier molecular flexibility index (Phi) is 7.03. The summed E-state index contributed by atoms with van der Waals surface area (Å²) in [5, 5.41) is 0. The fourth-order valence-electron chi connectivity index (χ4n) is 4.05. The molecular formula is C22H26N2O8S. The smallest absolute Gasteiger partial charge is 0.353 e. The number of aryl methyl sites for hydroxylation is 3. The maximum absolute atomic E-state index is 12.8.